The number of anilines is 2. The zero-order chi connectivity index (χ0) is 15.0. The fourth-order valence-electron chi connectivity index (χ4n) is 1.97. The zero-order valence-electron chi connectivity index (χ0n) is 11.5. The van der Waals surface area contributed by atoms with Gasteiger partial charge < -0.3 is 11.1 Å². The van der Waals surface area contributed by atoms with E-state index in [9.17, 15) is 13.2 Å². The molecule has 0 aromatic heterocycles. The van der Waals surface area contributed by atoms with E-state index in [-0.39, 0.29) is 11.8 Å². The summed E-state index contributed by atoms with van der Waals surface area (Å²) in [6, 6.07) is 6.44. The van der Waals surface area contributed by atoms with E-state index in [0.717, 1.165) is 19.1 Å². The van der Waals surface area contributed by atoms with Crippen LogP contribution in [0, 0.1) is 5.92 Å². The minimum atomic E-state index is -3.30. The standard InChI is InChI=1S/C13H19N3O3S/c1-13(14,9-3-4-9)12(17)15-10-5-7-11(8-6-10)16-20(2,18)19/h5-9,16H,3-4,14H2,1-2H3,(H,15,17). The van der Waals surface area contributed by atoms with Crippen LogP contribution in [-0.4, -0.2) is 26.1 Å². The summed E-state index contributed by atoms with van der Waals surface area (Å²) in [5.74, 6) is 0.0255. The Morgan fingerprint density at radius 1 is 1.25 bits per heavy atom. The van der Waals surface area contributed by atoms with Crippen LogP contribution in [0.15, 0.2) is 24.3 Å². The third-order valence-corrected chi connectivity index (χ3v) is 3.97. The van der Waals surface area contributed by atoms with Crippen molar-refractivity contribution in [1.29, 1.82) is 0 Å². The number of carbonyl (C=O) groups excluding carboxylic acids is 1. The molecule has 6 nitrogen and oxygen atoms in total. The highest BCUT2D eigenvalue weighted by Gasteiger charge is 2.44. The lowest BCUT2D eigenvalue weighted by atomic mass is 9.96. The lowest BCUT2D eigenvalue weighted by molar-refractivity contribution is -0.121. The number of sulfonamides is 1. The molecular formula is C13H19N3O3S. The Morgan fingerprint density at radius 2 is 1.75 bits per heavy atom. The van der Waals surface area contributed by atoms with Gasteiger partial charge in [-0.2, -0.15) is 0 Å². The monoisotopic (exact) mass is 297 g/mol. The summed E-state index contributed by atoms with van der Waals surface area (Å²) in [5.41, 5.74) is 6.20. The van der Waals surface area contributed by atoms with Crippen LogP contribution in [0.3, 0.4) is 0 Å². The van der Waals surface area contributed by atoms with E-state index >= 15 is 0 Å². The van der Waals surface area contributed by atoms with Gasteiger partial charge in [-0.3, -0.25) is 9.52 Å². The van der Waals surface area contributed by atoms with Crippen LogP contribution in [0.4, 0.5) is 11.4 Å². The van der Waals surface area contributed by atoms with Gasteiger partial charge in [-0.05, 0) is 49.9 Å². The average molecular weight is 297 g/mol. The number of benzene rings is 1. The van der Waals surface area contributed by atoms with Crippen molar-refractivity contribution >= 4 is 27.3 Å². The van der Waals surface area contributed by atoms with Crippen LogP contribution < -0.4 is 15.8 Å². The summed E-state index contributed by atoms with van der Waals surface area (Å²) in [4.78, 5) is 12.1. The number of amides is 1. The molecule has 0 spiro atoms. The predicted molar refractivity (Wildman–Crippen MR) is 78.9 cm³/mol. The maximum atomic E-state index is 12.1. The molecule has 0 saturated heterocycles. The second kappa shape index (κ2) is 5.06. The van der Waals surface area contributed by atoms with Crippen molar-refractivity contribution in [1.82, 2.24) is 0 Å². The van der Waals surface area contributed by atoms with Crippen molar-refractivity contribution < 1.29 is 13.2 Å². The van der Waals surface area contributed by atoms with Crippen LogP contribution in [0.1, 0.15) is 19.8 Å². The van der Waals surface area contributed by atoms with E-state index in [1.54, 1.807) is 31.2 Å². The summed E-state index contributed by atoms with van der Waals surface area (Å²) in [5, 5.41) is 2.75. The van der Waals surface area contributed by atoms with Gasteiger partial charge in [-0.1, -0.05) is 0 Å². The summed E-state index contributed by atoms with van der Waals surface area (Å²) in [7, 11) is -3.30. The fraction of sp³-hybridized carbons (Fsp3) is 0.462. The normalized spacial score (nSPS) is 18.1. The average Bonchev–Trinajstić information content (AvgIpc) is 3.13. The number of carbonyl (C=O) groups is 1. The van der Waals surface area contributed by atoms with Gasteiger partial charge >= 0.3 is 0 Å². The van der Waals surface area contributed by atoms with Crippen molar-refractivity contribution in [2.45, 2.75) is 25.3 Å². The Balaban J connectivity index is 2.02. The Bertz CT molecular complexity index is 604. The molecule has 1 aliphatic rings. The molecule has 1 aliphatic carbocycles. The number of hydrogen-bond donors (Lipinski definition) is 3. The molecule has 0 bridgehead atoms. The Labute approximate surface area is 118 Å². The van der Waals surface area contributed by atoms with Crippen molar-refractivity contribution in [2.75, 3.05) is 16.3 Å². The summed E-state index contributed by atoms with van der Waals surface area (Å²) in [6.07, 6.45) is 3.05. The SMILES string of the molecule is CC(N)(C(=O)Nc1ccc(NS(C)(=O)=O)cc1)C1CC1. The summed E-state index contributed by atoms with van der Waals surface area (Å²) in [6.45, 7) is 1.74. The highest BCUT2D eigenvalue weighted by Crippen LogP contribution is 2.38. The van der Waals surface area contributed by atoms with Gasteiger partial charge in [-0.25, -0.2) is 8.42 Å². The lowest BCUT2D eigenvalue weighted by Crippen LogP contribution is -2.50. The Morgan fingerprint density at radius 3 is 2.20 bits per heavy atom. The Kier molecular flexibility index (Phi) is 3.75. The van der Waals surface area contributed by atoms with Gasteiger partial charge in [-0.15, -0.1) is 0 Å². The minimum absolute atomic E-state index is 0.219. The molecule has 1 unspecified atom stereocenters. The fourth-order valence-corrected chi connectivity index (χ4v) is 2.53. The van der Waals surface area contributed by atoms with Crippen LogP contribution in [-0.2, 0) is 14.8 Å². The third kappa shape index (κ3) is 3.71. The van der Waals surface area contributed by atoms with Crippen LogP contribution >= 0.6 is 0 Å². The van der Waals surface area contributed by atoms with Crippen molar-refractivity contribution in [3.63, 3.8) is 0 Å². The maximum absolute atomic E-state index is 12.1. The molecule has 1 saturated carbocycles. The van der Waals surface area contributed by atoms with Gasteiger partial charge in [0.05, 0.1) is 11.8 Å². The maximum Gasteiger partial charge on any atom is 0.244 e. The lowest BCUT2D eigenvalue weighted by Gasteiger charge is -2.23. The van der Waals surface area contributed by atoms with Crippen molar-refractivity contribution in [3.8, 4) is 0 Å². The predicted octanol–water partition coefficient (Wildman–Crippen LogP) is 1.12. The number of rotatable bonds is 5. The van der Waals surface area contributed by atoms with E-state index in [0.29, 0.717) is 11.4 Å². The second-order valence-electron chi connectivity index (χ2n) is 5.46. The van der Waals surface area contributed by atoms with Crippen LogP contribution in [0.2, 0.25) is 0 Å². The topological polar surface area (TPSA) is 101 Å². The highest BCUT2D eigenvalue weighted by atomic mass is 32.2. The first kappa shape index (κ1) is 14.8. The van der Waals surface area contributed by atoms with Crippen molar-refractivity contribution in [3.05, 3.63) is 24.3 Å². The van der Waals surface area contributed by atoms with Gasteiger partial charge in [0.25, 0.3) is 0 Å². The molecule has 0 heterocycles. The van der Waals surface area contributed by atoms with E-state index in [1.807, 2.05) is 0 Å². The highest BCUT2D eigenvalue weighted by molar-refractivity contribution is 7.92. The summed E-state index contributed by atoms with van der Waals surface area (Å²) >= 11 is 0. The number of nitrogens with one attached hydrogen (secondary N) is 2. The first-order chi connectivity index (χ1) is 9.18. The van der Waals surface area contributed by atoms with Gasteiger partial charge in [0.1, 0.15) is 0 Å². The van der Waals surface area contributed by atoms with E-state index in [1.165, 1.54) is 0 Å². The van der Waals surface area contributed by atoms with E-state index in [2.05, 4.69) is 10.0 Å². The minimum Gasteiger partial charge on any atom is -0.324 e. The summed E-state index contributed by atoms with van der Waals surface area (Å²) < 4.78 is 24.5. The zero-order valence-corrected chi connectivity index (χ0v) is 12.3. The van der Waals surface area contributed by atoms with Crippen LogP contribution in [0.25, 0.3) is 0 Å². The van der Waals surface area contributed by atoms with E-state index < -0.39 is 15.6 Å². The molecule has 2 rings (SSSR count). The van der Waals surface area contributed by atoms with Gasteiger partial charge in [0.15, 0.2) is 0 Å². The first-order valence-corrected chi connectivity index (χ1v) is 8.26. The quantitative estimate of drug-likeness (QED) is 0.758. The molecule has 110 valence electrons. The Hall–Kier alpha value is -1.60. The molecule has 0 aliphatic heterocycles. The van der Waals surface area contributed by atoms with Crippen LogP contribution in [0.5, 0.6) is 0 Å². The molecule has 1 aromatic rings. The largest absolute Gasteiger partial charge is 0.324 e. The van der Waals surface area contributed by atoms with Gasteiger partial charge in [0.2, 0.25) is 15.9 Å². The molecule has 20 heavy (non-hydrogen) atoms. The molecule has 1 fully saturated rings. The molecule has 4 N–H and O–H groups in total. The first-order valence-electron chi connectivity index (χ1n) is 6.37. The molecule has 1 aromatic carbocycles. The molecule has 1 atom stereocenters. The van der Waals surface area contributed by atoms with Crippen molar-refractivity contribution in [2.24, 2.45) is 11.7 Å². The smallest absolute Gasteiger partial charge is 0.244 e. The second-order valence-corrected chi connectivity index (χ2v) is 7.21. The molecule has 7 heteroatoms. The molecular weight excluding hydrogens is 278 g/mol. The number of hydrogen-bond acceptors (Lipinski definition) is 4. The number of nitrogens with two attached hydrogens (primary N) is 1. The molecule has 1 amide bonds. The third-order valence-electron chi connectivity index (χ3n) is 3.36. The van der Waals surface area contributed by atoms with E-state index in [4.69, 9.17) is 5.73 Å². The molecule has 0 radical (unpaired) electrons. The van der Waals surface area contributed by atoms with Gasteiger partial charge in [0, 0.05) is 11.4 Å².